The summed E-state index contributed by atoms with van der Waals surface area (Å²) in [4.78, 5) is 37.2. The predicted octanol–water partition coefficient (Wildman–Crippen LogP) is 2.83. The lowest BCUT2D eigenvalue weighted by molar-refractivity contribution is 0.102. The van der Waals surface area contributed by atoms with Crippen molar-refractivity contribution in [2.75, 3.05) is 5.32 Å². The Bertz CT molecular complexity index is 1620. The second-order valence-corrected chi connectivity index (χ2v) is 8.27. The third-order valence-corrected chi connectivity index (χ3v) is 5.98. The molecule has 1 aliphatic carbocycles. The van der Waals surface area contributed by atoms with Crippen LogP contribution in [0, 0.1) is 6.92 Å². The van der Waals surface area contributed by atoms with Gasteiger partial charge in [-0.3, -0.25) is 14.3 Å². The van der Waals surface area contributed by atoms with Crippen molar-refractivity contribution in [1.29, 1.82) is 0 Å². The molecule has 0 atom stereocenters. The summed E-state index contributed by atoms with van der Waals surface area (Å²) in [7, 11) is 1.84. The third kappa shape index (κ3) is 3.10. The molecule has 1 aliphatic rings. The molecule has 1 saturated carbocycles. The highest BCUT2D eigenvalue weighted by Crippen LogP contribution is 2.40. The van der Waals surface area contributed by atoms with E-state index in [2.05, 4.69) is 25.5 Å². The summed E-state index contributed by atoms with van der Waals surface area (Å²) in [6.07, 6.45) is 4.96. The van der Waals surface area contributed by atoms with E-state index in [9.17, 15) is 9.59 Å². The summed E-state index contributed by atoms with van der Waals surface area (Å²) in [5.41, 5.74) is 4.22. The van der Waals surface area contributed by atoms with Crippen LogP contribution in [0.2, 0.25) is 0 Å². The number of pyridine rings is 1. The van der Waals surface area contributed by atoms with E-state index < -0.39 is 0 Å². The Morgan fingerprint density at radius 1 is 1.21 bits per heavy atom. The third-order valence-electron chi connectivity index (χ3n) is 5.98. The number of benzene rings is 1. The first kappa shape index (κ1) is 19.4. The largest absolute Gasteiger partial charge is 0.320 e. The van der Waals surface area contributed by atoms with Gasteiger partial charge in [-0.25, -0.2) is 14.6 Å². The quantitative estimate of drug-likeness (QED) is 0.443. The summed E-state index contributed by atoms with van der Waals surface area (Å²) in [5.74, 6) is 0.137. The summed E-state index contributed by atoms with van der Waals surface area (Å²) in [6, 6.07) is 9.17. The molecule has 0 spiro atoms. The van der Waals surface area contributed by atoms with Crippen molar-refractivity contribution >= 4 is 33.7 Å². The van der Waals surface area contributed by atoms with E-state index in [1.165, 1.54) is 12.5 Å². The first-order chi connectivity index (χ1) is 16.0. The summed E-state index contributed by atoms with van der Waals surface area (Å²) in [6.45, 7) is 1.88. The molecule has 0 bridgehead atoms. The van der Waals surface area contributed by atoms with Gasteiger partial charge in [0.1, 0.15) is 5.39 Å². The number of para-hydroxylation sites is 2. The monoisotopic (exact) mass is 440 g/mol. The Hall–Kier alpha value is -4.34. The Morgan fingerprint density at radius 3 is 2.85 bits per heavy atom. The predicted molar refractivity (Wildman–Crippen MR) is 123 cm³/mol. The highest BCUT2D eigenvalue weighted by molar-refractivity contribution is 6.13. The first-order valence-corrected chi connectivity index (χ1v) is 10.7. The van der Waals surface area contributed by atoms with Gasteiger partial charge in [0, 0.05) is 18.7 Å². The lowest BCUT2D eigenvalue weighted by atomic mass is 10.1. The number of amides is 1. The number of anilines is 1. The van der Waals surface area contributed by atoms with Crippen LogP contribution in [0.5, 0.6) is 0 Å². The standard InChI is InChI=1S/C23H20N8O2/c1-12-19-14(9-17(13-7-8-13)27-21(19)30(2)29-12)23(33)28-16-5-3-4-6-18(16)31-20-15(10-26-31)22(32)25-11-24-20/h3-6,9-11,13H,7-8H2,1-2H3,(H,28,33)(H,24,25,32). The molecule has 33 heavy (non-hydrogen) atoms. The van der Waals surface area contributed by atoms with Gasteiger partial charge in [-0.05, 0) is 38.0 Å². The van der Waals surface area contributed by atoms with E-state index in [0.29, 0.717) is 39.5 Å². The molecular weight excluding hydrogens is 420 g/mol. The fraction of sp³-hybridized carbons (Fsp3) is 0.217. The molecule has 6 rings (SSSR count). The molecule has 10 heteroatoms. The number of aromatic nitrogens is 7. The van der Waals surface area contributed by atoms with E-state index in [1.54, 1.807) is 15.4 Å². The zero-order valence-corrected chi connectivity index (χ0v) is 18.0. The average molecular weight is 440 g/mol. The van der Waals surface area contributed by atoms with Crippen LogP contribution in [0.4, 0.5) is 5.69 Å². The number of nitrogens with one attached hydrogen (secondary N) is 2. The fourth-order valence-electron chi connectivity index (χ4n) is 4.22. The molecule has 4 heterocycles. The Morgan fingerprint density at radius 2 is 2.03 bits per heavy atom. The molecule has 4 aromatic heterocycles. The number of aromatic amines is 1. The molecule has 5 aromatic rings. The van der Waals surface area contributed by atoms with Crippen LogP contribution in [0.3, 0.4) is 0 Å². The van der Waals surface area contributed by atoms with Crippen LogP contribution in [-0.4, -0.2) is 40.4 Å². The van der Waals surface area contributed by atoms with E-state index in [4.69, 9.17) is 4.98 Å². The van der Waals surface area contributed by atoms with Crippen LogP contribution >= 0.6 is 0 Å². The zero-order valence-electron chi connectivity index (χ0n) is 18.0. The zero-order chi connectivity index (χ0) is 22.7. The van der Waals surface area contributed by atoms with Crippen molar-refractivity contribution in [2.24, 2.45) is 7.05 Å². The van der Waals surface area contributed by atoms with Crippen LogP contribution in [-0.2, 0) is 7.05 Å². The normalized spacial score (nSPS) is 13.6. The van der Waals surface area contributed by atoms with Crippen molar-refractivity contribution in [3.05, 3.63) is 70.2 Å². The van der Waals surface area contributed by atoms with E-state index >= 15 is 0 Å². The maximum atomic E-state index is 13.5. The molecule has 0 radical (unpaired) electrons. The van der Waals surface area contributed by atoms with Crippen LogP contribution in [0.15, 0.2) is 47.7 Å². The maximum absolute atomic E-state index is 13.5. The van der Waals surface area contributed by atoms with Gasteiger partial charge in [-0.2, -0.15) is 10.2 Å². The molecule has 1 aromatic carbocycles. The smallest absolute Gasteiger partial charge is 0.261 e. The summed E-state index contributed by atoms with van der Waals surface area (Å²) < 4.78 is 3.27. The Labute approximate surface area is 187 Å². The molecule has 1 fully saturated rings. The fourth-order valence-corrected chi connectivity index (χ4v) is 4.22. The SMILES string of the molecule is Cc1nn(C)c2nc(C3CC3)cc(C(=O)Nc3ccccc3-n3ncc4c(=O)[nH]cnc43)c12. The maximum Gasteiger partial charge on any atom is 0.261 e. The van der Waals surface area contributed by atoms with Crippen molar-refractivity contribution in [3.63, 3.8) is 0 Å². The number of carbonyl (C=O) groups is 1. The number of H-pyrrole nitrogens is 1. The molecule has 0 aliphatic heterocycles. The van der Waals surface area contributed by atoms with Gasteiger partial charge >= 0.3 is 0 Å². The Kier molecular flexibility index (Phi) is 4.16. The van der Waals surface area contributed by atoms with Gasteiger partial charge in [0.05, 0.1) is 40.5 Å². The lowest BCUT2D eigenvalue weighted by Crippen LogP contribution is -2.16. The molecule has 1 amide bonds. The lowest BCUT2D eigenvalue weighted by Gasteiger charge is -2.13. The minimum Gasteiger partial charge on any atom is -0.320 e. The molecule has 164 valence electrons. The van der Waals surface area contributed by atoms with Crippen molar-refractivity contribution < 1.29 is 4.79 Å². The second-order valence-electron chi connectivity index (χ2n) is 8.27. The molecule has 10 nitrogen and oxygen atoms in total. The van der Waals surface area contributed by atoms with Crippen molar-refractivity contribution in [1.82, 2.24) is 34.5 Å². The number of hydrogen-bond acceptors (Lipinski definition) is 6. The highest BCUT2D eigenvalue weighted by Gasteiger charge is 2.28. The number of carbonyl (C=O) groups excluding carboxylic acids is 1. The number of fused-ring (bicyclic) bond motifs is 2. The van der Waals surface area contributed by atoms with Crippen LogP contribution in [0.1, 0.15) is 40.5 Å². The van der Waals surface area contributed by atoms with E-state index in [1.807, 2.05) is 38.2 Å². The van der Waals surface area contributed by atoms with Crippen LogP contribution in [0.25, 0.3) is 27.8 Å². The molecular formula is C23H20N8O2. The first-order valence-electron chi connectivity index (χ1n) is 10.7. The molecule has 2 N–H and O–H groups in total. The van der Waals surface area contributed by atoms with Crippen molar-refractivity contribution in [3.8, 4) is 5.69 Å². The van der Waals surface area contributed by atoms with Gasteiger partial charge in [0.15, 0.2) is 11.3 Å². The summed E-state index contributed by atoms with van der Waals surface area (Å²) >= 11 is 0. The van der Waals surface area contributed by atoms with Crippen LogP contribution < -0.4 is 10.9 Å². The Balaban J connectivity index is 1.45. The summed E-state index contributed by atoms with van der Waals surface area (Å²) in [5, 5.41) is 13.0. The topological polar surface area (TPSA) is 123 Å². The molecule has 0 saturated heterocycles. The average Bonchev–Trinajstić information content (AvgIpc) is 3.51. The second kappa shape index (κ2) is 7.09. The number of rotatable bonds is 4. The van der Waals surface area contributed by atoms with E-state index in [-0.39, 0.29) is 11.5 Å². The minimum atomic E-state index is -0.272. The van der Waals surface area contributed by atoms with E-state index in [0.717, 1.165) is 29.6 Å². The molecule has 0 unspecified atom stereocenters. The minimum absolute atomic E-state index is 0.255. The van der Waals surface area contributed by atoms with Gasteiger partial charge in [0.2, 0.25) is 0 Å². The van der Waals surface area contributed by atoms with Crippen molar-refractivity contribution in [2.45, 2.75) is 25.7 Å². The number of aryl methyl sites for hydroxylation is 2. The van der Waals surface area contributed by atoms with Gasteiger partial charge in [-0.15, -0.1) is 0 Å². The van der Waals surface area contributed by atoms with Gasteiger partial charge < -0.3 is 10.3 Å². The number of nitrogens with zero attached hydrogens (tertiary/aromatic N) is 6. The number of hydrogen-bond donors (Lipinski definition) is 2. The highest BCUT2D eigenvalue weighted by atomic mass is 16.1. The van der Waals surface area contributed by atoms with Gasteiger partial charge in [0.25, 0.3) is 11.5 Å². The van der Waals surface area contributed by atoms with Gasteiger partial charge in [-0.1, -0.05) is 12.1 Å².